The molecule has 0 radical (unpaired) electrons. The lowest BCUT2D eigenvalue weighted by Crippen LogP contribution is -2.07. The van der Waals surface area contributed by atoms with Gasteiger partial charge in [-0.2, -0.15) is 0 Å². The molecule has 12 heteroatoms. The molecule has 0 fully saturated rings. The third-order valence-corrected chi connectivity index (χ3v) is 4.50. The average Bonchev–Trinajstić information content (AvgIpc) is 2.75. The number of aromatic nitrogens is 2. The first-order chi connectivity index (χ1) is 15.3. The Hall–Kier alpha value is -4.12. The van der Waals surface area contributed by atoms with Crippen molar-refractivity contribution in [1.82, 2.24) is 9.97 Å². The molecule has 0 spiro atoms. The van der Waals surface area contributed by atoms with Gasteiger partial charge in [-0.25, -0.2) is 9.97 Å². The molecule has 3 aromatic rings. The summed E-state index contributed by atoms with van der Waals surface area (Å²) >= 11 is 6.18. The number of halogens is 1. The Balaban J connectivity index is 1.94. The summed E-state index contributed by atoms with van der Waals surface area (Å²) in [4.78, 5) is 30.4. The van der Waals surface area contributed by atoms with Crippen molar-refractivity contribution in [3.05, 3.63) is 57.9 Å². The Morgan fingerprint density at radius 2 is 1.59 bits per heavy atom. The second kappa shape index (κ2) is 9.79. The number of hydrogen-bond acceptors (Lipinski definition) is 9. The number of nitrogens with zero attached hydrogens (tertiary/aromatic N) is 3. The van der Waals surface area contributed by atoms with E-state index in [0.717, 1.165) is 0 Å². The van der Waals surface area contributed by atoms with Crippen molar-refractivity contribution in [1.29, 1.82) is 0 Å². The summed E-state index contributed by atoms with van der Waals surface area (Å²) in [6.45, 7) is 1.40. The van der Waals surface area contributed by atoms with Crippen LogP contribution >= 0.6 is 11.6 Å². The van der Waals surface area contributed by atoms with Gasteiger partial charge in [0.1, 0.15) is 17.8 Å². The van der Waals surface area contributed by atoms with Crippen LogP contribution in [0.3, 0.4) is 0 Å². The summed E-state index contributed by atoms with van der Waals surface area (Å²) in [5.41, 5.74) is 1.08. The fraction of sp³-hybridized carbons (Fsp3) is 0.150. The van der Waals surface area contributed by atoms with Gasteiger partial charge in [-0.05, 0) is 30.3 Å². The molecule has 11 nitrogen and oxygen atoms in total. The van der Waals surface area contributed by atoms with Gasteiger partial charge in [0.15, 0.2) is 0 Å². The Morgan fingerprint density at radius 3 is 2.16 bits per heavy atom. The van der Waals surface area contributed by atoms with Gasteiger partial charge in [0.25, 0.3) is 0 Å². The van der Waals surface area contributed by atoms with Crippen LogP contribution in [0.25, 0.3) is 0 Å². The van der Waals surface area contributed by atoms with Crippen LogP contribution < -0.4 is 25.4 Å². The second-order valence-corrected chi connectivity index (χ2v) is 6.78. The lowest BCUT2D eigenvalue weighted by Gasteiger charge is -2.14. The Kier molecular flexibility index (Phi) is 6.90. The standard InChI is InChI=1S/C20H19ClN6O5/c1-11(28)24-12-4-6-13(7-5-12)25-19-18(27(29)30)20(23-10-22-19)26-15-8-14(21)16(31-2)9-17(15)32-3/h4-10H,1-3H3,(H,24,28)(H2,22,23,25,26). The summed E-state index contributed by atoms with van der Waals surface area (Å²) in [6, 6.07) is 9.67. The highest BCUT2D eigenvalue weighted by atomic mass is 35.5. The molecule has 0 aliphatic heterocycles. The van der Waals surface area contributed by atoms with Gasteiger partial charge in [0, 0.05) is 24.4 Å². The van der Waals surface area contributed by atoms with Crippen LogP contribution in [0, 0.1) is 10.1 Å². The molecule has 0 aliphatic rings. The first kappa shape index (κ1) is 22.6. The van der Waals surface area contributed by atoms with E-state index in [1.165, 1.54) is 33.5 Å². The van der Waals surface area contributed by atoms with E-state index in [9.17, 15) is 14.9 Å². The quantitative estimate of drug-likeness (QED) is 0.328. The molecule has 0 saturated heterocycles. The monoisotopic (exact) mass is 458 g/mol. The van der Waals surface area contributed by atoms with Crippen LogP contribution in [-0.2, 0) is 4.79 Å². The zero-order valence-electron chi connectivity index (χ0n) is 17.3. The van der Waals surface area contributed by atoms with Crippen LogP contribution in [0.5, 0.6) is 11.5 Å². The number of ether oxygens (including phenoxy) is 2. The smallest absolute Gasteiger partial charge is 0.353 e. The maximum absolute atomic E-state index is 11.8. The maximum atomic E-state index is 11.8. The maximum Gasteiger partial charge on any atom is 0.353 e. The lowest BCUT2D eigenvalue weighted by molar-refractivity contribution is -0.383. The number of nitro groups is 1. The Bertz CT molecular complexity index is 1160. The van der Waals surface area contributed by atoms with Crippen molar-refractivity contribution in [2.75, 3.05) is 30.2 Å². The van der Waals surface area contributed by atoms with Crippen LogP contribution in [0.1, 0.15) is 6.92 Å². The molecule has 166 valence electrons. The average molecular weight is 459 g/mol. The highest BCUT2D eigenvalue weighted by Crippen LogP contribution is 2.39. The van der Waals surface area contributed by atoms with Gasteiger partial charge in [-0.1, -0.05) is 11.6 Å². The van der Waals surface area contributed by atoms with E-state index >= 15 is 0 Å². The molecule has 2 aromatic carbocycles. The van der Waals surface area contributed by atoms with E-state index in [0.29, 0.717) is 28.6 Å². The third-order valence-electron chi connectivity index (χ3n) is 4.20. The fourth-order valence-electron chi connectivity index (χ4n) is 2.80. The van der Waals surface area contributed by atoms with Crippen LogP contribution in [0.15, 0.2) is 42.7 Å². The van der Waals surface area contributed by atoms with Crippen molar-refractivity contribution in [2.24, 2.45) is 0 Å². The molecule has 0 aliphatic carbocycles. The van der Waals surface area contributed by atoms with Crippen LogP contribution in [-0.4, -0.2) is 35.0 Å². The van der Waals surface area contributed by atoms with Gasteiger partial charge < -0.3 is 25.4 Å². The van der Waals surface area contributed by atoms with E-state index in [-0.39, 0.29) is 28.3 Å². The molecule has 0 saturated carbocycles. The summed E-state index contributed by atoms with van der Waals surface area (Å²) in [5, 5.41) is 20.5. The normalized spacial score (nSPS) is 10.2. The molecule has 0 atom stereocenters. The molecular formula is C20H19ClN6O5. The summed E-state index contributed by atoms with van der Waals surface area (Å²) in [6.07, 6.45) is 1.18. The number of carbonyl (C=O) groups excluding carboxylic acids is 1. The van der Waals surface area contributed by atoms with Gasteiger partial charge >= 0.3 is 5.69 Å². The summed E-state index contributed by atoms with van der Waals surface area (Å²) < 4.78 is 10.5. The van der Waals surface area contributed by atoms with Crippen LogP contribution in [0.2, 0.25) is 5.02 Å². The topological polar surface area (TPSA) is 141 Å². The van der Waals surface area contributed by atoms with Crippen LogP contribution in [0.4, 0.5) is 34.4 Å². The largest absolute Gasteiger partial charge is 0.495 e. The molecule has 1 amide bonds. The van der Waals surface area contributed by atoms with E-state index in [1.54, 1.807) is 30.3 Å². The molecule has 1 heterocycles. The predicted octanol–water partition coefficient (Wildman–Crippen LogP) is 4.50. The Labute approximate surface area is 187 Å². The first-order valence-corrected chi connectivity index (χ1v) is 9.52. The highest BCUT2D eigenvalue weighted by molar-refractivity contribution is 6.32. The molecule has 3 rings (SSSR count). The number of methoxy groups -OCH3 is 2. The van der Waals surface area contributed by atoms with Crippen molar-refractivity contribution in [2.45, 2.75) is 6.92 Å². The second-order valence-electron chi connectivity index (χ2n) is 6.37. The molecular weight excluding hydrogens is 440 g/mol. The summed E-state index contributed by atoms with van der Waals surface area (Å²) in [7, 11) is 2.91. The SMILES string of the molecule is COc1cc(OC)c(Nc2ncnc(Nc3ccc(NC(C)=O)cc3)c2[N+](=O)[O-])cc1Cl. The zero-order chi connectivity index (χ0) is 23.3. The third kappa shape index (κ3) is 5.13. The van der Waals surface area contributed by atoms with Gasteiger partial charge in [0.2, 0.25) is 17.5 Å². The minimum Gasteiger partial charge on any atom is -0.495 e. The van der Waals surface area contributed by atoms with Gasteiger partial charge in [-0.15, -0.1) is 0 Å². The number of anilines is 5. The summed E-state index contributed by atoms with van der Waals surface area (Å²) in [5.74, 6) is 0.431. The highest BCUT2D eigenvalue weighted by Gasteiger charge is 2.24. The molecule has 32 heavy (non-hydrogen) atoms. The van der Waals surface area contributed by atoms with Crippen molar-refractivity contribution < 1.29 is 19.2 Å². The van der Waals surface area contributed by atoms with E-state index in [2.05, 4.69) is 25.9 Å². The predicted molar refractivity (Wildman–Crippen MR) is 121 cm³/mol. The lowest BCUT2D eigenvalue weighted by atomic mass is 10.2. The first-order valence-electron chi connectivity index (χ1n) is 9.15. The fourth-order valence-corrected chi connectivity index (χ4v) is 3.04. The number of amides is 1. The number of carbonyl (C=O) groups is 1. The van der Waals surface area contributed by atoms with Crippen molar-refractivity contribution >= 4 is 51.9 Å². The van der Waals surface area contributed by atoms with E-state index < -0.39 is 4.92 Å². The molecule has 3 N–H and O–H groups in total. The number of nitrogens with one attached hydrogen (secondary N) is 3. The number of rotatable bonds is 8. The van der Waals surface area contributed by atoms with E-state index in [4.69, 9.17) is 21.1 Å². The minimum atomic E-state index is -0.603. The molecule has 1 aromatic heterocycles. The number of benzene rings is 2. The van der Waals surface area contributed by atoms with Crippen molar-refractivity contribution in [3.8, 4) is 11.5 Å². The molecule has 0 bridgehead atoms. The van der Waals surface area contributed by atoms with Crippen molar-refractivity contribution in [3.63, 3.8) is 0 Å². The van der Waals surface area contributed by atoms with Gasteiger partial charge in [-0.3, -0.25) is 14.9 Å². The molecule has 0 unspecified atom stereocenters. The minimum absolute atomic E-state index is 0.0293. The van der Waals surface area contributed by atoms with Gasteiger partial charge in [0.05, 0.1) is 29.9 Å². The van der Waals surface area contributed by atoms with E-state index in [1.807, 2.05) is 0 Å². The Morgan fingerprint density at radius 1 is 1.00 bits per heavy atom. The number of hydrogen-bond donors (Lipinski definition) is 3. The zero-order valence-corrected chi connectivity index (χ0v) is 18.1.